The fraction of sp³-hybridized carbons (Fsp3) is 0.200. The van der Waals surface area contributed by atoms with Gasteiger partial charge in [0, 0.05) is 29.9 Å². The van der Waals surface area contributed by atoms with E-state index in [1.165, 1.54) is 0 Å². The Morgan fingerprint density at radius 1 is 1.04 bits per heavy atom. The van der Waals surface area contributed by atoms with Gasteiger partial charge >= 0.3 is 0 Å². The zero-order valence-electron chi connectivity index (χ0n) is 13.7. The Balaban J connectivity index is 1.57. The standard InChI is InChI=1S/C20H18ClN3O/c21-17-8-4-7-16(13-17)18-14-24(11-12-25-18)19-9-10-22-20(23-19)15-5-2-1-3-6-15/h1-10,13,18H,11-12,14H2. The molecule has 0 amide bonds. The van der Waals surface area contributed by atoms with Gasteiger partial charge in [0.05, 0.1) is 6.61 Å². The van der Waals surface area contributed by atoms with Crippen LogP contribution in [-0.2, 0) is 4.74 Å². The second-order valence-corrected chi connectivity index (χ2v) is 6.40. The first kappa shape index (κ1) is 16.1. The predicted molar refractivity (Wildman–Crippen MR) is 99.8 cm³/mol. The maximum Gasteiger partial charge on any atom is 0.161 e. The van der Waals surface area contributed by atoms with E-state index in [-0.39, 0.29) is 6.10 Å². The van der Waals surface area contributed by atoms with Crippen molar-refractivity contribution in [3.8, 4) is 11.4 Å². The molecule has 1 atom stereocenters. The fourth-order valence-corrected chi connectivity index (χ4v) is 3.22. The summed E-state index contributed by atoms with van der Waals surface area (Å²) >= 11 is 6.12. The van der Waals surface area contributed by atoms with Gasteiger partial charge in [0.15, 0.2) is 5.82 Å². The number of aromatic nitrogens is 2. The average Bonchev–Trinajstić information content (AvgIpc) is 2.69. The van der Waals surface area contributed by atoms with Gasteiger partial charge in [-0.1, -0.05) is 54.1 Å². The van der Waals surface area contributed by atoms with E-state index >= 15 is 0 Å². The van der Waals surface area contributed by atoms with E-state index in [2.05, 4.69) is 16.0 Å². The van der Waals surface area contributed by atoms with Crippen molar-refractivity contribution >= 4 is 17.4 Å². The lowest BCUT2D eigenvalue weighted by Crippen LogP contribution is -2.38. The first-order chi connectivity index (χ1) is 12.3. The summed E-state index contributed by atoms with van der Waals surface area (Å²) in [5, 5.41) is 0.728. The van der Waals surface area contributed by atoms with Gasteiger partial charge in [-0.3, -0.25) is 0 Å². The predicted octanol–water partition coefficient (Wildman–Crippen LogP) is 4.37. The average molecular weight is 352 g/mol. The van der Waals surface area contributed by atoms with Crippen molar-refractivity contribution < 1.29 is 4.74 Å². The van der Waals surface area contributed by atoms with Gasteiger partial charge < -0.3 is 9.64 Å². The van der Waals surface area contributed by atoms with Gasteiger partial charge in [0.25, 0.3) is 0 Å². The molecule has 0 N–H and O–H groups in total. The summed E-state index contributed by atoms with van der Waals surface area (Å²) in [7, 11) is 0. The minimum Gasteiger partial charge on any atom is -0.370 e. The minimum absolute atomic E-state index is 0.0115. The molecule has 3 aromatic rings. The molecule has 1 saturated heterocycles. The van der Waals surface area contributed by atoms with Crippen LogP contribution >= 0.6 is 11.6 Å². The van der Waals surface area contributed by atoms with Crippen molar-refractivity contribution in [2.75, 3.05) is 24.6 Å². The first-order valence-electron chi connectivity index (χ1n) is 8.30. The van der Waals surface area contributed by atoms with Gasteiger partial charge in [-0.05, 0) is 23.8 Å². The lowest BCUT2D eigenvalue weighted by molar-refractivity contribution is 0.0395. The van der Waals surface area contributed by atoms with Crippen LogP contribution in [0.15, 0.2) is 66.9 Å². The summed E-state index contributed by atoms with van der Waals surface area (Å²) in [6, 6.07) is 19.8. The topological polar surface area (TPSA) is 38.2 Å². The second-order valence-electron chi connectivity index (χ2n) is 5.96. The van der Waals surface area contributed by atoms with E-state index in [1.807, 2.05) is 60.8 Å². The Morgan fingerprint density at radius 2 is 1.92 bits per heavy atom. The summed E-state index contributed by atoms with van der Waals surface area (Å²) in [5.41, 5.74) is 2.11. The summed E-state index contributed by atoms with van der Waals surface area (Å²) in [4.78, 5) is 11.4. The van der Waals surface area contributed by atoms with Crippen molar-refractivity contribution in [1.29, 1.82) is 0 Å². The number of rotatable bonds is 3. The molecular weight excluding hydrogens is 334 g/mol. The molecule has 126 valence electrons. The maximum atomic E-state index is 6.12. The second kappa shape index (κ2) is 7.21. The van der Waals surface area contributed by atoms with Crippen LogP contribution in [0.25, 0.3) is 11.4 Å². The molecule has 0 saturated carbocycles. The fourth-order valence-electron chi connectivity index (χ4n) is 3.02. The number of hydrogen-bond acceptors (Lipinski definition) is 4. The molecule has 5 heteroatoms. The third kappa shape index (κ3) is 3.65. The van der Waals surface area contributed by atoms with Gasteiger partial charge in [-0.2, -0.15) is 0 Å². The van der Waals surface area contributed by atoms with Gasteiger partial charge in [0.1, 0.15) is 11.9 Å². The first-order valence-corrected chi connectivity index (χ1v) is 8.68. The van der Waals surface area contributed by atoms with Crippen LogP contribution in [0.4, 0.5) is 5.82 Å². The molecule has 0 aliphatic carbocycles. The van der Waals surface area contributed by atoms with Crippen LogP contribution in [0.1, 0.15) is 11.7 Å². The highest BCUT2D eigenvalue weighted by Crippen LogP contribution is 2.27. The molecule has 0 radical (unpaired) electrons. The molecular formula is C20H18ClN3O. The number of ether oxygens (including phenoxy) is 1. The Labute approximate surface area is 152 Å². The van der Waals surface area contributed by atoms with E-state index in [0.717, 1.165) is 40.9 Å². The highest BCUT2D eigenvalue weighted by atomic mass is 35.5. The molecule has 2 aromatic carbocycles. The molecule has 1 fully saturated rings. The zero-order chi connectivity index (χ0) is 17.1. The summed E-state index contributed by atoms with van der Waals surface area (Å²) in [6.07, 6.45) is 1.80. The molecule has 1 unspecified atom stereocenters. The molecule has 1 aliphatic heterocycles. The monoisotopic (exact) mass is 351 g/mol. The molecule has 4 nitrogen and oxygen atoms in total. The van der Waals surface area contributed by atoms with Gasteiger partial charge in [-0.15, -0.1) is 0 Å². The number of halogens is 1. The molecule has 0 bridgehead atoms. The van der Waals surface area contributed by atoms with Crippen LogP contribution in [0.2, 0.25) is 5.02 Å². The number of nitrogens with zero attached hydrogens (tertiary/aromatic N) is 3. The quantitative estimate of drug-likeness (QED) is 0.702. The normalized spacial score (nSPS) is 17.5. The van der Waals surface area contributed by atoms with Crippen molar-refractivity contribution in [3.05, 3.63) is 77.4 Å². The van der Waals surface area contributed by atoms with Crippen LogP contribution in [0.5, 0.6) is 0 Å². The Morgan fingerprint density at radius 3 is 2.76 bits per heavy atom. The SMILES string of the molecule is Clc1cccc(C2CN(c3ccnc(-c4ccccc4)n3)CCO2)c1. The van der Waals surface area contributed by atoms with Gasteiger partial charge in [0.2, 0.25) is 0 Å². The van der Waals surface area contributed by atoms with Crippen LogP contribution in [0.3, 0.4) is 0 Å². The summed E-state index contributed by atoms with van der Waals surface area (Å²) in [5.74, 6) is 1.66. The zero-order valence-corrected chi connectivity index (χ0v) is 14.4. The van der Waals surface area contributed by atoms with Gasteiger partial charge in [-0.25, -0.2) is 9.97 Å². The summed E-state index contributed by atoms with van der Waals surface area (Å²) in [6.45, 7) is 2.20. The van der Waals surface area contributed by atoms with Crippen LogP contribution < -0.4 is 4.90 Å². The maximum absolute atomic E-state index is 6.12. The van der Waals surface area contributed by atoms with E-state index in [0.29, 0.717) is 6.61 Å². The molecule has 25 heavy (non-hydrogen) atoms. The Kier molecular flexibility index (Phi) is 4.63. The van der Waals surface area contributed by atoms with Crippen molar-refractivity contribution in [2.45, 2.75) is 6.10 Å². The lowest BCUT2D eigenvalue weighted by atomic mass is 10.1. The lowest BCUT2D eigenvalue weighted by Gasteiger charge is -2.34. The van der Waals surface area contributed by atoms with Crippen molar-refractivity contribution in [1.82, 2.24) is 9.97 Å². The molecule has 0 spiro atoms. The largest absolute Gasteiger partial charge is 0.370 e. The highest BCUT2D eigenvalue weighted by Gasteiger charge is 2.23. The highest BCUT2D eigenvalue weighted by molar-refractivity contribution is 6.30. The number of morpholine rings is 1. The number of hydrogen-bond donors (Lipinski definition) is 0. The third-order valence-electron chi connectivity index (χ3n) is 4.28. The Hall–Kier alpha value is -2.43. The van der Waals surface area contributed by atoms with E-state index in [4.69, 9.17) is 21.3 Å². The molecule has 1 aliphatic rings. The number of anilines is 1. The summed E-state index contributed by atoms with van der Waals surface area (Å²) < 4.78 is 5.94. The van der Waals surface area contributed by atoms with E-state index in [1.54, 1.807) is 0 Å². The Bertz CT molecular complexity index is 856. The third-order valence-corrected chi connectivity index (χ3v) is 4.52. The number of benzene rings is 2. The van der Waals surface area contributed by atoms with E-state index in [9.17, 15) is 0 Å². The van der Waals surface area contributed by atoms with Crippen LogP contribution in [-0.4, -0.2) is 29.7 Å². The molecule has 4 rings (SSSR count). The smallest absolute Gasteiger partial charge is 0.161 e. The molecule has 2 heterocycles. The minimum atomic E-state index is -0.0115. The van der Waals surface area contributed by atoms with Crippen LogP contribution in [0, 0.1) is 0 Å². The molecule has 1 aromatic heterocycles. The van der Waals surface area contributed by atoms with Crippen molar-refractivity contribution in [2.24, 2.45) is 0 Å². The van der Waals surface area contributed by atoms with Crippen molar-refractivity contribution in [3.63, 3.8) is 0 Å². The van der Waals surface area contributed by atoms with E-state index < -0.39 is 0 Å².